The first-order valence-corrected chi connectivity index (χ1v) is 6.01. The van der Waals surface area contributed by atoms with Gasteiger partial charge in [-0.05, 0) is 44.0 Å². The van der Waals surface area contributed by atoms with Gasteiger partial charge in [-0.2, -0.15) is 13.2 Å². The van der Waals surface area contributed by atoms with Crippen molar-refractivity contribution in [3.05, 3.63) is 29.8 Å². The molecule has 1 aromatic carbocycles. The molecule has 1 atom stereocenters. The summed E-state index contributed by atoms with van der Waals surface area (Å²) < 4.78 is 36.2. The lowest BCUT2D eigenvalue weighted by molar-refractivity contribution is -0.139. The van der Waals surface area contributed by atoms with Crippen molar-refractivity contribution in [3.63, 3.8) is 0 Å². The van der Waals surface area contributed by atoms with Crippen LogP contribution in [0.25, 0.3) is 0 Å². The highest BCUT2D eigenvalue weighted by molar-refractivity contribution is 5.40. The van der Waals surface area contributed by atoms with E-state index in [0.717, 1.165) is 18.4 Å². The fourth-order valence-corrected chi connectivity index (χ4v) is 1.81. The number of rotatable bonds is 6. The molecule has 0 aliphatic carbocycles. The normalized spacial score (nSPS) is 13.6. The Morgan fingerprint density at radius 2 is 2.06 bits per heavy atom. The van der Waals surface area contributed by atoms with Crippen molar-refractivity contribution < 1.29 is 13.2 Å². The van der Waals surface area contributed by atoms with Gasteiger partial charge >= 0.3 is 6.18 Å². The Morgan fingerprint density at radius 1 is 1.33 bits per heavy atom. The lowest BCUT2D eigenvalue weighted by atomic mass is 10.1. The highest BCUT2D eigenvalue weighted by Crippen LogP contribution is 2.21. The van der Waals surface area contributed by atoms with Gasteiger partial charge in [0.1, 0.15) is 0 Å². The number of nitrogens with one attached hydrogen (secondary N) is 1. The lowest BCUT2D eigenvalue weighted by Gasteiger charge is -2.15. The standard InChI is InChI=1S/C13H19F3N2/c1-10(9-13(14,15)16)18-7-3-5-11-4-2-6-12(17)8-11/h2,4,6,8,10,18H,3,5,7,9,17H2,1H3. The monoisotopic (exact) mass is 260 g/mol. The van der Waals surface area contributed by atoms with Gasteiger partial charge in [0.2, 0.25) is 0 Å². The molecule has 0 fully saturated rings. The molecule has 1 rings (SSSR count). The first-order chi connectivity index (χ1) is 8.37. The Balaban J connectivity index is 2.19. The van der Waals surface area contributed by atoms with Crippen molar-refractivity contribution in [2.45, 2.75) is 38.4 Å². The van der Waals surface area contributed by atoms with Gasteiger partial charge in [0.15, 0.2) is 0 Å². The number of hydrogen-bond acceptors (Lipinski definition) is 2. The van der Waals surface area contributed by atoms with E-state index in [9.17, 15) is 13.2 Å². The lowest BCUT2D eigenvalue weighted by Crippen LogP contribution is -2.32. The van der Waals surface area contributed by atoms with Gasteiger partial charge in [0, 0.05) is 11.7 Å². The van der Waals surface area contributed by atoms with Crippen molar-refractivity contribution in [3.8, 4) is 0 Å². The minimum absolute atomic E-state index is 0.536. The number of hydrogen-bond donors (Lipinski definition) is 2. The van der Waals surface area contributed by atoms with Gasteiger partial charge in [-0.15, -0.1) is 0 Å². The number of halogens is 3. The van der Waals surface area contributed by atoms with E-state index in [1.54, 1.807) is 6.92 Å². The average Bonchev–Trinajstić information content (AvgIpc) is 2.22. The molecule has 18 heavy (non-hydrogen) atoms. The van der Waals surface area contributed by atoms with Crippen molar-refractivity contribution in [2.24, 2.45) is 0 Å². The summed E-state index contributed by atoms with van der Waals surface area (Å²) in [5.41, 5.74) is 7.46. The van der Waals surface area contributed by atoms with Crippen LogP contribution in [-0.2, 0) is 6.42 Å². The minimum Gasteiger partial charge on any atom is -0.399 e. The molecular formula is C13H19F3N2. The fourth-order valence-electron chi connectivity index (χ4n) is 1.81. The van der Waals surface area contributed by atoms with Gasteiger partial charge in [0.05, 0.1) is 6.42 Å². The number of anilines is 1. The van der Waals surface area contributed by atoms with Crippen LogP contribution in [0.4, 0.5) is 18.9 Å². The van der Waals surface area contributed by atoms with E-state index >= 15 is 0 Å². The molecule has 1 aromatic rings. The van der Waals surface area contributed by atoms with E-state index in [-0.39, 0.29) is 0 Å². The number of nitrogen functional groups attached to an aromatic ring is 1. The topological polar surface area (TPSA) is 38.0 Å². The predicted molar refractivity (Wildman–Crippen MR) is 67.3 cm³/mol. The summed E-state index contributed by atoms with van der Waals surface area (Å²) in [5, 5.41) is 2.87. The Labute approximate surface area is 105 Å². The predicted octanol–water partition coefficient (Wildman–Crippen LogP) is 3.13. The van der Waals surface area contributed by atoms with Crippen molar-refractivity contribution in [2.75, 3.05) is 12.3 Å². The zero-order chi connectivity index (χ0) is 13.6. The Bertz CT molecular complexity index is 363. The molecule has 0 aliphatic heterocycles. The van der Waals surface area contributed by atoms with Crippen LogP contribution in [0, 0.1) is 0 Å². The van der Waals surface area contributed by atoms with E-state index in [0.29, 0.717) is 12.2 Å². The number of nitrogens with two attached hydrogens (primary N) is 1. The van der Waals surface area contributed by atoms with E-state index in [1.807, 2.05) is 24.3 Å². The highest BCUT2D eigenvalue weighted by atomic mass is 19.4. The first-order valence-electron chi connectivity index (χ1n) is 6.01. The van der Waals surface area contributed by atoms with Crippen LogP contribution in [0.3, 0.4) is 0 Å². The smallest absolute Gasteiger partial charge is 0.390 e. The second-order valence-electron chi connectivity index (χ2n) is 4.52. The maximum Gasteiger partial charge on any atom is 0.390 e. The summed E-state index contributed by atoms with van der Waals surface area (Å²) >= 11 is 0. The van der Waals surface area contributed by atoms with Crippen LogP contribution < -0.4 is 11.1 Å². The molecule has 0 bridgehead atoms. The van der Waals surface area contributed by atoms with Crippen LogP contribution >= 0.6 is 0 Å². The summed E-state index contributed by atoms with van der Waals surface area (Å²) in [6, 6.07) is 7.01. The largest absolute Gasteiger partial charge is 0.399 e. The summed E-state index contributed by atoms with van der Waals surface area (Å²) in [7, 11) is 0. The molecule has 2 nitrogen and oxygen atoms in total. The summed E-state index contributed by atoms with van der Waals surface area (Å²) in [5.74, 6) is 0. The second-order valence-corrected chi connectivity index (χ2v) is 4.52. The maximum atomic E-state index is 12.1. The van der Waals surface area contributed by atoms with E-state index in [1.165, 1.54) is 0 Å². The maximum absolute atomic E-state index is 12.1. The molecule has 0 aliphatic rings. The van der Waals surface area contributed by atoms with Gasteiger partial charge in [-0.1, -0.05) is 12.1 Å². The number of benzene rings is 1. The summed E-state index contributed by atoms with van der Waals surface area (Å²) in [6.45, 7) is 2.13. The second kappa shape index (κ2) is 6.64. The third-order valence-corrected chi connectivity index (χ3v) is 2.62. The molecular weight excluding hydrogens is 241 g/mol. The molecule has 0 radical (unpaired) electrons. The number of alkyl halides is 3. The molecule has 5 heteroatoms. The fraction of sp³-hybridized carbons (Fsp3) is 0.538. The third kappa shape index (κ3) is 6.49. The molecule has 0 saturated carbocycles. The van der Waals surface area contributed by atoms with E-state index in [2.05, 4.69) is 5.32 Å². The van der Waals surface area contributed by atoms with Crippen LogP contribution in [0.2, 0.25) is 0 Å². The van der Waals surface area contributed by atoms with Gasteiger partial charge in [-0.3, -0.25) is 0 Å². The quantitative estimate of drug-likeness (QED) is 0.609. The molecule has 0 aromatic heterocycles. The van der Waals surface area contributed by atoms with Crippen LogP contribution in [-0.4, -0.2) is 18.8 Å². The van der Waals surface area contributed by atoms with Crippen molar-refractivity contribution in [1.29, 1.82) is 0 Å². The Morgan fingerprint density at radius 3 is 2.67 bits per heavy atom. The highest BCUT2D eigenvalue weighted by Gasteiger charge is 2.29. The van der Waals surface area contributed by atoms with E-state index < -0.39 is 18.6 Å². The average molecular weight is 260 g/mol. The summed E-state index contributed by atoms with van der Waals surface area (Å²) in [4.78, 5) is 0. The van der Waals surface area contributed by atoms with Gasteiger partial charge in [0.25, 0.3) is 0 Å². The van der Waals surface area contributed by atoms with E-state index in [4.69, 9.17) is 5.73 Å². The zero-order valence-corrected chi connectivity index (χ0v) is 10.4. The molecule has 3 N–H and O–H groups in total. The van der Waals surface area contributed by atoms with Crippen molar-refractivity contribution in [1.82, 2.24) is 5.32 Å². The van der Waals surface area contributed by atoms with Crippen LogP contribution in [0.1, 0.15) is 25.3 Å². The van der Waals surface area contributed by atoms with Crippen LogP contribution in [0.15, 0.2) is 24.3 Å². The molecule has 0 heterocycles. The number of aryl methyl sites for hydroxylation is 1. The molecule has 0 amide bonds. The Hall–Kier alpha value is -1.23. The molecule has 0 spiro atoms. The molecule has 0 saturated heterocycles. The molecule has 102 valence electrons. The van der Waals surface area contributed by atoms with Crippen molar-refractivity contribution >= 4 is 5.69 Å². The zero-order valence-electron chi connectivity index (χ0n) is 10.4. The SMILES string of the molecule is CC(CC(F)(F)F)NCCCc1cccc(N)c1. The van der Waals surface area contributed by atoms with Gasteiger partial charge in [-0.25, -0.2) is 0 Å². The first kappa shape index (κ1) is 14.8. The van der Waals surface area contributed by atoms with Crippen LogP contribution in [0.5, 0.6) is 0 Å². The van der Waals surface area contributed by atoms with Gasteiger partial charge < -0.3 is 11.1 Å². The Kier molecular flexibility index (Phi) is 5.47. The summed E-state index contributed by atoms with van der Waals surface area (Å²) in [6.07, 6.45) is -3.27. The minimum atomic E-state index is -4.10. The molecule has 1 unspecified atom stereocenters. The third-order valence-electron chi connectivity index (χ3n) is 2.62.